The first-order valence-corrected chi connectivity index (χ1v) is 11.1. The zero-order valence-corrected chi connectivity index (χ0v) is 17.4. The van der Waals surface area contributed by atoms with Gasteiger partial charge >= 0.3 is 6.03 Å². The maximum Gasteiger partial charge on any atom is 0.319 e. The van der Waals surface area contributed by atoms with Gasteiger partial charge in [0.15, 0.2) is 0 Å². The topological polar surface area (TPSA) is 77.7 Å². The number of furan rings is 1. The van der Waals surface area contributed by atoms with E-state index in [4.69, 9.17) is 16.0 Å². The Bertz CT molecular complexity index is 927. The van der Waals surface area contributed by atoms with E-state index in [0.29, 0.717) is 16.6 Å². The van der Waals surface area contributed by atoms with E-state index in [2.05, 4.69) is 21.6 Å². The fourth-order valence-corrected chi connectivity index (χ4v) is 5.62. The van der Waals surface area contributed by atoms with Crippen LogP contribution in [0.4, 0.5) is 10.5 Å². The molecule has 2 aromatic rings. The van der Waals surface area contributed by atoms with Crippen molar-refractivity contribution in [2.45, 2.75) is 57.0 Å². The van der Waals surface area contributed by atoms with Gasteiger partial charge in [0.05, 0.1) is 22.8 Å². The molecule has 1 aromatic heterocycles. The number of urea groups is 1. The van der Waals surface area contributed by atoms with Gasteiger partial charge in [-0.05, 0) is 56.8 Å². The Labute approximate surface area is 175 Å². The van der Waals surface area contributed by atoms with E-state index in [1.807, 2.05) is 6.07 Å². The number of nitrogens with zero attached hydrogens (tertiary/aromatic N) is 1. The minimum atomic E-state index is -0.395. The number of hydrogen-bond acceptors (Lipinski definition) is 4. The average Bonchev–Trinajstić information content (AvgIpc) is 3.10. The Morgan fingerprint density at radius 3 is 2.69 bits per heavy atom. The van der Waals surface area contributed by atoms with Gasteiger partial charge in [-0.2, -0.15) is 0 Å². The van der Waals surface area contributed by atoms with Gasteiger partial charge in [0, 0.05) is 17.6 Å². The molecule has 5 rings (SSSR count). The molecule has 7 heteroatoms. The maximum atomic E-state index is 12.4. The maximum absolute atomic E-state index is 12.4. The number of aliphatic hydroxyl groups is 1. The molecule has 0 bridgehead atoms. The van der Waals surface area contributed by atoms with Crippen LogP contribution < -0.4 is 10.6 Å². The van der Waals surface area contributed by atoms with Crippen molar-refractivity contribution in [2.75, 3.05) is 25.0 Å². The summed E-state index contributed by atoms with van der Waals surface area (Å²) in [6.45, 7) is 2.99. The fourth-order valence-electron chi connectivity index (χ4n) is 5.36. The van der Waals surface area contributed by atoms with E-state index >= 15 is 0 Å². The SMILES string of the molecule is O=C1Nc2c(Cl)cc3cc(CN4CCC(CO)CC4)oc3c2C2(CCCCC2)N1. The molecule has 1 aromatic carbocycles. The first kappa shape index (κ1) is 19.2. The molecule has 3 heterocycles. The highest BCUT2D eigenvalue weighted by molar-refractivity contribution is 6.35. The summed E-state index contributed by atoms with van der Waals surface area (Å²) < 4.78 is 6.40. The Morgan fingerprint density at radius 1 is 1.21 bits per heavy atom. The highest BCUT2D eigenvalue weighted by Crippen LogP contribution is 2.49. The van der Waals surface area contributed by atoms with Crippen LogP contribution in [0.5, 0.6) is 0 Å². The van der Waals surface area contributed by atoms with Crippen LogP contribution in [0.15, 0.2) is 16.5 Å². The van der Waals surface area contributed by atoms with Gasteiger partial charge in [-0.25, -0.2) is 4.79 Å². The Morgan fingerprint density at radius 2 is 1.97 bits per heavy atom. The first-order chi connectivity index (χ1) is 14.1. The van der Waals surface area contributed by atoms with Crippen LogP contribution in [0.1, 0.15) is 56.3 Å². The van der Waals surface area contributed by atoms with Crippen molar-refractivity contribution < 1.29 is 14.3 Å². The molecule has 3 aliphatic rings. The van der Waals surface area contributed by atoms with Crippen LogP contribution >= 0.6 is 11.6 Å². The molecule has 0 atom stereocenters. The highest BCUT2D eigenvalue weighted by Gasteiger charge is 2.43. The minimum absolute atomic E-state index is 0.181. The number of halogens is 1. The third kappa shape index (κ3) is 3.41. The average molecular weight is 418 g/mol. The zero-order chi connectivity index (χ0) is 20.0. The van der Waals surface area contributed by atoms with Gasteiger partial charge in [0.2, 0.25) is 0 Å². The number of hydrogen-bond donors (Lipinski definition) is 3. The van der Waals surface area contributed by atoms with Crippen molar-refractivity contribution in [2.24, 2.45) is 5.92 Å². The van der Waals surface area contributed by atoms with Gasteiger partial charge in [-0.15, -0.1) is 0 Å². The summed E-state index contributed by atoms with van der Waals surface area (Å²) in [7, 11) is 0. The van der Waals surface area contributed by atoms with E-state index in [-0.39, 0.29) is 12.6 Å². The van der Waals surface area contributed by atoms with Crippen molar-refractivity contribution in [3.8, 4) is 0 Å². The Hall–Kier alpha value is -1.76. The molecule has 0 radical (unpaired) electrons. The molecular weight excluding hydrogens is 390 g/mol. The van der Waals surface area contributed by atoms with Gasteiger partial charge < -0.3 is 20.2 Å². The number of carbonyl (C=O) groups is 1. The largest absolute Gasteiger partial charge is 0.459 e. The van der Waals surface area contributed by atoms with Gasteiger partial charge in [-0.1, -0.05) is 30.9 Å². The van der Waals surface area contributed by atoms with E-state index in [9.17, 15) is 9.90 Å². The summed E-state index contributed by atoms with van der Waals surface area (Å²) >= 11 is 6.60. The molecule has 6 nitrogen and oxygen atoms in total. The van der Waals surface area contributed by atoms with Crippen molar-refractivity contribution in [1.29, 1.82) is 0 Å². The number of likely N-dealkylation sites (tertiary alicyclic amines) is 1. The van der Waals surface area contributed by atoms with Gasteiger partial charge in [0.25, 0.3) is 0 Å². The predicted octanol–water partition coefficient (Wildman–Crippen LogP) is 4.59. The van der Waals surface area contributed by atoms with Crippen molar-refractivity contribution in [1.82, 2.24) is 10.2 Å². The quantitative estimate of drug-likeness (QED) is 0.682. The highest BCUT2D eigenvalue weighted by atomic mass is 35.5. The van der Waals surface area contributed by atoms with Crippen LogP contribution in [-0.2, 0) is 12.1 Å². The second kappa shape index (κ2) is 7.49. The van der Waals surface area contributed by atoms with Crippen molar-refractivity contribution >= 4 is 34.3 Å². The van der Waals surface area contributed by atoms with Crippen molar-refractivity contribution in [3.05, 3.63) is 28.5 Å². The van der Waals surface area contributed by atoms with E-state index in [1.54, 1.807) is 0 Å². The van der Waals surface area contributed by atoms with E-state index < -0.39 is 5.54 Å². The van der Waals surface area contributed by atoms with Gasteiger partial charge in [-0.3, -0.25) is 4.90 Å². The molecule has 1 saturated carbocycles. The number of carbonyl (C=O) groups excluding carboxylic acids is 1. The van der Waals surface area contributed by atoms with Crippen LogP contribution in [-0.4, -0.2) is 35.7 Å². The lowest BCUT2D eigenvalue weighted by molar-refractivity contribution is 0.122. The van der Waals surface area contributed by atoms with Gasteiger partial charge in [0.1, 0.15) is 11.3 Å². The third-order valence-electron chi connectivity index (χ3n) is 6.93. The number of piperidine rings is 1. The molecule has 29 heavy (non-hydrogen) atoms. The fraction of sp³-hybridized carbons (Fsp3) is 0.591. The standard InChI is InChI=1S/C22H28ClN3O3/c23-17-11-15-10-16(12-26-8-4-14(13-27)5-9-26)29-20(15)18-19(17)24-21(28)25-22(18)6-2-1-3-7-22/h10-11,14,27H,1-9,12-13H2,(H2,24,25,28). The molecule has 1 aliphatic carbocycles. The number of nitrogens with one attached hydrogen (secondary N) is 2. The number of anilines is 1. The monoisotopic (exact) mass is 417 g/mol. The Kier molecular flexibility index (Phi) is 4.96. The number of amides is 2. The predicted molar refractivity (Wildman–Crippen MR) is 113 cm³/mol. The molecule has 0 unspecified atom stereocenters. The summed E-state index contributed by atoms with van der Waals surface area (Å²) in [4.78, 5) is 14.8. The van der Waals surface area contributed by atoms with Crippen LogP contribution in [0.25, 0.3) is 11.0 Å². The molecule has 3 N–H and O–H groups in total. The summed E-state index contributed by atoms with van der Waals surface area (Å²) in [5, 5.41) is 17.0. The number of fused-ring (bicyclic) bond motifs is 4. The number of rotatable bonds is 3. The van der Waals surface area contributed by atoms with E-state index in [0.717, 1.165) is 80.5 Å². The molecule has 2 aliphatic heterocycles. The minimum Gasteiger partial charge on any atom is -0.459 e. The summed E-state index contributed by atoms with van der Waals surface area (Å²) in [6.07, 6.45) is 7.23. The molecule has 2 fully saturated rings. The Balaban J connectivity index is 1.52. The lowest BCUT2D eigenvalue weighted by Crippen LogP contribution is -2.52. The molecular formula is C22H28ClN3O3. The lowest BCUT2D eigenvalue weighted by Gasteiger charge is -2.42. The second-order valence-electron chi connectivity index (χ2n) is 8.86. The molecule has 156 valence electrons. The number of benzene rings is 1. The van der Waals surface area contributed by atoms with Crippen LogP contribution in [0.3, 0.4) is 0 Å². The van der Waals surface area contributed by atoms with Crippen LogP contribution in [0.2, 0.25) is 5.02 Å². The molecule has 1 spiro atoms. The zero-order valence-electron chi connectivity index (χ0n) is 16.6. The normalized spacial score (nSPS) is 22.5. The summed E-state index contributed by atoms with van der Waals surface area (Å²) in [6, 6.07) is 3.81. The van der Waals surface area contributed by atoms with E-state index in [1.165, 1.54) is 6.42 Å². The first-order valence-electron chi connectivity index (χ1n) is 10.8. The third-order valence-corrected chi connectivity index (χ3v) is 7.23. The molecule has 2 amide bonds. The van der Waals surface area contributed by atoms with Crippen molar-refractivity contribution in [3.63, 3.8) is 0 Å². The number of aliphatic hydroxyl groups excluding tert-OH is 1. The molecule has 1 saturated heterocycles. The summed E-state index contributed by atoms with van der Waals surface area (Å²) in [5.41, 5.74) is 2.17. The smallest absolute Gasteiger partial charge is 0.319 e. The second-order valence-corrected chi connectivity index (χ2v) is 9.27. The lowest BCUT2D eigenvalue weighted by atomic mass is 9.74. The van der Waals surface area contributed by atoms with Crippen LogP contribution in [0, 0.1) is 5.92 Å². The summed E-state index contributed by atoms with van der Waals surface area (Å²) in [5.74, 6) is 1.35.